The van der Waals surface area contributed by atoms with Crippen LogP contribution in [-0.4, -0.2) is 12.9 Å². The van der Waals surface area contributed by atoms with Crippen LogP contribution in [0.2, 0.25) is 0 Å². The number of hydrogen-bond donors (Lipinski definition) is 0. The van der Waals surface area contributed by atoms with Crippen molar-refractivity contribution in [2.24, 2.45) is 0 Å². The number of hydrogen-bond acceptors (Lipinski definition) is 3. The maximum Gasteiger partial charge on any atom is 0.189 e. The first kappa shape index (κ1) is 18.9. The van der Waals surface area contributed by atoms with E-state index < -0.39 is 5.82 Å². The quantitative estimate of drug-likeness (QED) is 0.532. The summed E-state index contributed by atoms with van der Waals surface area (Å²) in [5.41, 5.74) is 4.34. The van der Waals surface area contributed by atoms with E-state index in [1.807, 2.05) is 48.5 Å². The Bertz CT molecular complexity index is 1080. The van der Waals surface area contributed by atoms with Crippen LogP contribution in [0.4, 0.5) is 4.39 Å². The van der Waals surface area contributed by atoms with Gasteiger partial charge in [-0.1, -0.05) is 42.5 Å². The van der Waals surface area contributed by atoms with E-state index in [0.29, 0.717) is 12.2 Å². The summed E-state index contributed by atoms with van der Waals surface area (Å²) >= 11 is 0. The zero-order chi connectivity index (χ0) is 20.2. The average Bonchev–Trinajstić information content (AvgIpc) is 2.75. The molecule has 4 heteroatoms. The second kappa shape index (κ2) is 8.31. The molecule has 1 aliphatic rings. The summed E-state index contributed by atoms with van der Waals surface area (Å²) in [5.74, 6) is 0.518. The molecule has 29 heavy (non-hydrogen) atoms. The lowest BCUT2D eigenvalue weighted by Gasteiger charge is -2.17. The van der Waals surface area contributed by atoms with Crippen molar-refractivity contribution in [3.05, 3.63) is 100 Å². The lowest BCUT2D eigenvalue weighted by molar-refractivity contribution is 0.102. The molecule has 146 valence electrons. The smallest absolute Gasteiger partial charge is 0.189 e. The van der Waals surface area contributed by atoms with Gasteiger partial charge in [0.25, 0.3) is 0 Å². The van der Waals surface area contributed by atoms with E-state index in [0.717, 1.165) is 34.2 Å². The normalized spacial score (nSPS) is 14.6. The third-order valence-electron chi connectivity index (χ3n) is 5.08. The highest BCUT2D eigenvalue weighted by Crippen LogP contribution is 2.28. The number of carbonyl (C=O) groups is 1. The number of allylic oxidation sites excluding steroid dienone is 1. The van der Waals surface area contributed by atoms with Crippen molar-refractivity contribution >= 4 is 11.9 Å². The van der Waals surface area contributed by atoms with Crippen molar-refractivity contribution in [2.45, 2.75) is 19.4 Å². The van der Waals surface area contributed by atoms with Crippen LogP contribution in [0.15, 0.2) is 72.3 Å². The molecular formula is C25H21FO3. The summed E-state index contributed by atoms with van der Waals surface area (Å²) in [6.45, 7) is 0.165. The van der Waals surface area contributed by atoms with Crippen molar-refractivity contribution in [2.75, 3.05) is 7.11 Å². The SMILES string of the molecule is COc1ccc(/C=C2\CCc3ccccc3C2=O)cc1COc1ccccc1F. The topological polar surface area (TPSA) is 35.5 Å². The summed E-state index contributed by atoms with van der Waals surface area (Å²) < 4.78 is 24.9. The van der Waals surface area contributed by atoms with Gasteiger partial charge in [0.15, 0.2) is 17.3 Å². The van der Waals surface area contributed by atoms with Gasteiger partial charge in [-0.05, 0) is 54.3 Å². The fraction of sp³-hybridized carbons (Fsp3) is 0.160. The molecule has 0 atom stereocenters. The van der Waals surface area contributed by atoms with E-state index in [1.165, 1.54) is 6.07 Å². The number of methoxy groups -OCH3 is 1. The van der Waals surface area contributed by atoms with E-state index in [1.54, 1.807) is 25.3 Å². The molecule has 0 N–H and O–H groups in total. The Hall–Kier alpha value is -3.40. The minimum atomic E-state index is -0.406. The number of rotatable bonds is 5. The number of benzene rings is 3. The Morgan fingerprint density at radius 2 is 1.76 bits per heavy atom. The molecule has 0 saturated carbocycles. The number of ketones is 1. The van der Waals surface area contributed by atoms with E-state index >= 15 is 0 Å². The highest BCUT2D eigenvalue weighted by Gasteiger charge is 2.21. The molecule has 0 unspecified atom stereocenters. The first-order chi connectivity index (χ1) is 14.2. The fourth-order valence-corrected chi connectivity index (χ4v) is 3.57. The van der Waals surface area contributed by atoms with Crippen molar-refractivity contribution < 1.29 is 18.7 Å². The summed E-state index contributed by atoms with van der Waals surface area (Å²) in [4.78, 5) is 12.8. The number of Topliss-reactive ketones (excluding diaryl/α,β-unsaturated/α-hetero) is 1. The lowest BCUT2D eigenvalue weighted by atomic mass is 9.86. The van der Waals surface area contributed by atoms with Crippen LogP contribution < -0.4 is 9.47 Å². The Morgan fingerprint density at radius 3 is 2.59 bits per heavy atom. The van der Waals surface area contributed by atoms with Gasteiger partial charge < -0.3 is 9.47 Å². The maximum atomic E-state index is 13.8. The lowest BCUT2D eigenvalue weighted by Crippen LogP contribution is -2.13. The molecule has 0 aliphatic heterocycles. The van der Waals surface area contributed by atoms with Gasteiger partial charge in [0.05, 0.1) is 7.11 Å². The Labute approximate surface area is 169 Å². The van der Waals surface area contributed by atoms with Gasteiger partial charge in [-0.3, -0.25) is 4.79 Å². The highest BCUT2D eigenvalue weighted by molar-refractivity contribution is 6.13. The van der Waals surface area contributed by atoms with Crippen LogP contribution in [0.3, 0.4) is 0 Å². The minimum absolute atomic E-state index is 0.0758. The fourth-order valence-electron chi connectivity index (χ4n) is 3.57. The third-order valence-corrected chi connectivity index (χ3v) is 5.08. The molecule has 4 rings (SSSR count). The molecule has 0 heterocycles. The number of halogens is 1. The van der Waals surface area contributed by atoms with Crippen LogP contribution >= 0.6 is 0 Å². The average molecular weight is 388 g/mol. The van der Waals surface area contributed by atoms with Crippen LogP contribution in [0.25, 0.3) is 6.08 Å². The molecule has 3 aromatic rings. The number of para-hydroxylation sites is 1. The summed E-state index contributed by atoms with van der Waals surface area (Å²) in [7, 11) is 1.58. The monoisotopic (exact) mass is 388 g/mol. The minimum Gasteiger partial charge on any atom is -0.496 e. The Balaban J connectivity index is 1.59. The van der Waals surface area contributed by atoms with Gasteiger partial charge >= 0.3 is 0 Å². The first-order valence-corrected chi connectivity index (χ1v) is 9.53. The standard InChI is InChI=1S/C25H21FO3/c1-28-23-13-10-17(15-20(23)16-29-24-9-5-4-8-22(24)26)14-19-12-11-18-6-2-3-7-21(18)25(19)27/h2-10,13-15H,11-12,16H2,1H3/b19-14+. The molecule has 3 nitrogen and oxygen atoms in total. The van der Waals surface area contributed by atoms with Gasteiger partial charge in [-0.15, -0.1) is 0 Å². The van der Waals surface area contributed by atoms with Crippen LogP contribution in [-0.2, 0) is 13.0 Å². The third kappa shape index (κ3) is 4.06. The molecule has 0 spiro atoms. The van der Waals surface area contributed by atoms with Crippen molar-refractivity contribution in [1.29, 1.82) is 0 Å². The molecule has 3 aromatic carbocycles. The summed E-state index contributed by atoms with van der Waals surface area (Å²) in [6, 6.07) is 19.7. The molecule has 0 amide bonds. The second-order valence-electron chi connectivity index (χ2n) is 6.95. The maximum absolute atomic E-state index is 13.8. The first-order valence-electron chi connectivity index (χ1n) is 9.53. The van der Waals surface area contributed by atoms with Gasteiger partial charge in [-0.2, -0.15) is 0 Å². The molecule has 0 fully saturated rings. The van der Waals surface area contributed by atoms with Crippen LogP contribution in [0.5, 0.6) is 11.5 Å². The summed E-state index contributed by atoms with van der Waals surface area (Å²) in [6.07, 6.45) is 3.49. The van der Waals surface area contributed by atoms with Crippen LogP contribution in [0.1, 0.15) is 33.5 Å². The zero-order valence-electron chi connectivity index (χ0n) is 16.2. The zero-order valence-corrected chi connectivity index (χ0v) is 16.2. The Kier molecular flexibility index (Phi) is 5.43. The molecule has 0 bridgehead atoms. The van der Waals surface area contributed by atoms with E-state index in [9.17, 15) is 9.18 Å². The molecule has 0 aromatic heterocycles. The molecule has 0 radical (unpaired) electrons. The van der Waals surface area contributed by atoms with Gasteiger partial charge in [-0.25, -0.2) is 4.39 Å². The number of fused-ring (bicyclic) bond motifs is 1. The van der Waals surface area contributed by atoms with E-state index in [-0.39, 0.29) is 18.1 Å². The van der Waals surface area contributed by atoms with Crippen molar-refractivity contribution in [1.82, 2.24) is 0 Å². The van der Waals surface area contributed by atoms with E-state index in [4.69, 9.17) is 9.47 Å². The summed E-state index contributed by atoms with van der Waals surface area (Å²) in [5, 5.41) is 0. The van der Waals surface area contributed by atoms with Gasteiger partial charge in [0, 0.05) is 16.7 Å². The van der Waals surface area contributed by atoms with Gasteiger partial charge in [0.2, 0.25) is 0 Å². The van der Waals surface area contributed by atoms with E-state index in [2.05, 4.69) is 0 Å². The van der Waals surface area contributed by atoms with Crippen molar-refractivity contribution in [3.8, 4) is 11.5 Å². The molecule has 0 saturated heterocycles. The predicted octanol–water partition coefficient (Wildman–Crippen LogP) is 5.63. The highest BCUT2D eigenvalue weighted by atomic mass is 19.1. The predicted molar refractivity (Wildman–Crippen MR) is 111 cm³/mol. The molecule has 1 aliphatic carbocycles. The number of ether oxygens (including phenoxy) is 2. The number of aryl methyl sites for hydroxylation is 1. The van der Waals surface area contributed by atoms with Crippen LogP contribution in [0, 0.1) is 5.82 Å². The van der Waals surface area contributed by atoms with Crippen molar-refractivity contribution in [3.63, 3.8) is 0 Å². The second-order valence-corrected chi connectivity index (χ2v) is 6.95. The molecular weight excluding hydrogens is 367 g/mol. The number of carbonyl (C=O) groups excluding carboxylic acids is 1. The Morgan fingerprint density at radius 1 is 0.966 bits per heavy atom. The largest absolute Gasteiger partial charge is 0.496 e. The van der Waals surface area contributed by atoms with Gasteiger partial charge in [0.1, 0.15) is 12.4 Å².